The number of benzene rings is 1. The Hall–Kier alpha value is -1.09. The van der Waals surface area contributed by atoms with E-state index < -0.39 is 0 Å². The smallest absolute Gasteiger partial charge is 0.126 e. The third-order valence-corrected chi connectivity index (χ3v) is 3.38. The standard InChI is InChI=1S/C14H20FNO/c1-17-14-10-12(15)7-6-11(14)9-13-5-3-2-4-8-16-13/h6-7,10,13,16H,2-5,8-9H2,1H3. The first-order chi connectivity index (χ1) is 8.29. The van der Waals surface area contributed by atoms with E-state index in [1.54, 1.807) is 7.11 Å². The van der Waals surface area contributed by atoms with Gasteiger partial charge in [-0.1, -0.05) is 18.9 Å². The van der Waals surface area contributed by atoms with Gasteiger partial charge in [0.15, 0.2) is 0 Å². The molecular weight excluding hydrogens is 217 g/mol. The highest BCUT2D eigenvalue weighted by Crippen LogP contribution is 2.23. The van der Waals surface area contributed by atoms with Crippen molar-refractivity contribution < 1.29 is 9.13 Å². The van der Waals surface area contributed by atoms with Gasteiger partial charge in [0.25, 0.3) is 0 Å². The van der Waals surface area contributed by atoms with Crippen molar-refractivity contribution in [3.8, 4) is 5.75 Å². The normalized spacial score (nSPS) is 20.9. The molecule has 0 spiro atoms. The average molecular weight is 237 g/mol. The lowest BCUT2D eigenvalue weighted by Gasteiger charge is -2.17. The Balaban J connectivity index is 2.06. The Morgan fingerprint density at radius 2 is 2.24 bits per heavy atom. The summed E-state index contributed by atoms with van der Waals surface area (Å²) in [6, 6.07) is 5.30. The second kappa shape index (κ2) is 6.01. The van der Waals surface area contributed by atoms with Gasteiger partial charge >= 0.3 is 0 Å². The van der Waals surface area contributed by atoms with Gasteiger partial charge in [0, 0.05) is 12.1 Å². The molecule has 1 atom stereocenters. The molecule has 0 radical (unpaired) electrons. The molecule has 2 nitrogen and oxygen atoms in total. The lowest BCUT2D eigenvalue weighted by atomic mass is 10.0. The lowest BCUT2D eigenvalue weighted by Crippen LogP contribution is -2.30. The Bertz CT molecular complexity index is 359. The molecular formula is C14H20FNO. The molecule has 0 aromatic heterocycles. The van der Waals surface area contributed by atoms with Crippen molar-refractivity contribution in [1.82, 2.24) is 5.32 Å². The number of methoxy groups -OCH3 is 1. The van der Waals surface area contributed by atoms with E-state index in [-0.39, 0.29) is 5.82 Å². The van der Waals surface area contributed by atoms with Crippen LogP contribution in [-0.4, -0.2) is 19.7 Å². The van der Waals surface area contributed by atoms with Crippen LogP contribution in [0.3, 0.4) is 0 Å². The number of halogens is 1. The van der Waals surface area contributed by atoms with E-state index in [0.29, 0.717) is 11.8 Å². The van der Waals surface area contributed by atoms with E-state index in [0.717, 1.165) is 18.5 Å². The fourth-order valence-corrected chi connectivity index (χ4v) is 2.43. The first kappa shape index (κ1) is 12.4. The second-order valence-electron chi connectivity index (χ2n) is 4.66. The minimum atomic E-state index is -0.237. The van der Waals surface area contributed by atoms with Gasteiger partial charge in [-0.25, -0.2) is 4.39 Å². The van der Waals surface area contributed by atoms with E-state index in [9.17, 15) is 4.39 Å². The highest BCUT2D eigenvalue weighted by molar-refractivity contribution is 5.34. The van der Waals surface area contributed by atoms with Crippen LogP contribution >= 0.6 is 0 Å². The molecule has 0 aliphatic carbocycles. The fourth-order valence-electron chi connectivity index (χ4n) is 2.43. The zero-order valence-corrected chi connectivity index (χ0v) is 10.3. The molecule has 1 aliphatic rings. The van der Waals surface area contributed by atoms with Crippen molar-refractivity contribution in [3.05, 3.63) is 29.6 Å². The van der Waals surface area contributed by atoms with E-state index in [1.807, 2.05) is 6.07 Å². The molecule has 1 aromatic carbocycles. The molecule has 1 unspecified atom stereocenters. The summed E-state index contributed by atoms with van der Waals surface area (Å²) in [4.78, 5) is 0. The van der Waals surface area contributed by atoms with E-state index in [1.165, 1.54) is 37.8 Å². The lowest BCUT2D eigenvalue weighted by molar-refractivity contribution is 0.400. The summed E-state index contributed by atoms with van der Waals surface area (Å²) >= 11 is 0. The van der Waals surface area contributed by atoms with Crippen molar-refractivity contribution in [1.29, 1.82) is 0 Å². The van der Waals surface area contributed by atoms with Crippen molar-refractivity contribution in [2.75, 3.05) is 13.7 Å². The molecule has 0 bridgehead atoms. The summed E-state index contributed by atoms with van der Waals surface area (Å²) in [5.41, 5.74) is 1.09. The van der Waals surface area contributed by atoms with Crippen molar-refractivity contribution in [3.63, 3.8) is 0 Å². The topological polar surface area (TPSA) is 21.3 Å². The summed E-state index contributed by atoms with van der Waals surface area (Å²) < 4.78 is 18.3. The minimum Gasteiger partial charge on any atom is -0.496 e. The molecule has 0 amide bonds. The fraction of sp³-hybridized carbons (Fsp3) is 0.571. The summed E-state index contributed by atoms with van der Waals surface area (Å²) in [6.45, 7) is 1.09. The number of nitrogens with one attached hydrogen (secondary N) is 1. The van der Waals surface area contributed by atoms with Crippen LogP contribution in [0, 0.1) is 5.82 Å². The number of rotatable bonds is 3. The zero-order valence-electron chi connectivity index (χ0n) is 10.3. The van der Waals surface area contributed by atoms with Crippen LogP contribution in [0.1, 0.15) is 31.2 Å². The molecule has 0 saturated carbocycles. The Labute approximate surface area is 102 Å². The molecule has 1 saturated heterocycles. The van der Waals surface area contributed by atoms with Gasteiger partial charge in [-0.3, -0.25) is 0 Å². The predicted octanol–water partition coefficient (Wildman–Crippen LogP) is 2.91. The number of hydrogen-bond donors (Lipinski definition) is 1. The van der Waals surface area contributed by atoms with Crippen molar-refractivity contribution in [2.45, 2.75) is 38.1 Å². The predicted molar refractivity (Wildman–Crippen MR) is 66.9 cm³/mol. The largest absolute Gasteiger partial charge is 0.496 e. The molecule has 1 N–H and O–H groups in total. The van der Waals surface area contributed by atoms with Crippen LogP contribution in [0.25, 0.3) is 0 Å². The Morgan fingerprint density at radius 3 is 3.06 bits per heavy atom. The van der Waals surface area contributed by atoms with Gasteiger partial charge in [0.2, 0.25) is 0 Å². The molecule has 1 fully saturated rings. The maximum atomic E-state index is 13.1. The summed E-state index contributed by atoms with van der Waals surface area (Å²) in [6.07, 6.45) is 5.96. The van der Waals surface area contributed by atoms with Crippen LogP contribution in [0.4, 0.5) is 4.39 Å². The number of ether oxygens (including phenoxy) is 1. The second-order valence-corrected chi connectivity index (χ2v) is 4.66. The molecule has 3 heteroatoms. The van der Waals surface area contributed by atoms with Crippen LogP contribution < -0.4 is 10.1 Å². The summed E-state index contributed by atoms with van der Waals surface area (Å²) in [5, 5.41) is 3.55. The third-order valence-electron chi connectivity index (χ3n) is 3.38. The van der Waals surface area contributed by atoms with Crippen LogP contribution in [-0.2, 0) is 6.42 Å². The maximum Gasteiger partial charge on any atom is 0.126 e. The highest BCUT2D eigenvalue weighted by atomic mass is 19.1. The Kier molecular flexibility index (Phi) is 4.37. The first-order valence-electron chi connectivity index (χ1n) is 6.35. The van der Waals surface area contributed by atoms with Gasteiger partial charge < -0.3 is 10.1 Å². The number of hydrogen-bond acceptors (Lipinski definition) is 2. The first-order valence-corrected chi connectivity index (χ1v) is 6.35. The third kappa shape index (κ3) is 3.43. The average Bonchev–Trinajstić information content (AvgIpc) is 2.60. The van der Waals surface area contributed by atoms with E-state index in [4.69, 9.17) is 4.74 Å². The molecule has 1 heterocycles. The SMILES string of the molecule is COc1cc(F)ccc1CC1CCCCCN1. The van der Waals surface area contributed by atoms with Crippen molar-refractivity contribution in [2.24, 2.45) is 0 Å². The molecule has 17 heavy (non-hydrogen) atoms. The van der Waals surface area contributed by atoms with Gasteiger partial charge in [0.1, 0.15) is 11.6 Å². The summed E-state index contributed by atoms with van der Waals surface area (Å²) in [7, 11) is 1.60. The van der Waals surface area contributed by atoms with Gasteiger partial charge in [0.05, 0.1) is 7.11 Å². The maximum absolute atomic E-state index is 13.1. The molecule has 94 valence electrons. The minimum absolute atomic E-state index is 0.237. The monoisotopic (exact) mass is 237 g/mol. The highest BCUT2D eigenvalue weighted by Gasteiger charge is 2.14. The van der Waals surface area contributed by atoms with Crippen LogP contribution in [0.5, 0.6) is 5.75 Å². The van der Waals surface area contributed by atoms with Crippen molar-refractivity contribution >= 4 is 0 Å². The van der Waals surface area contributed by atoms with Gasteiger partial charge in [-0.05, 0) is 37.4 Å². The van der Waals surface area contributed by atoms with E-state index >= 15 is 0 Å². The Morgan fingerprint density at radius 1 is 1.35 bits per heavy atom. The molecule has 1 aliphatic heterocycles. The van der Waals surface area contributed by atoms with Crippen LogP contribution in [0.15, 0.2) is 18.2 Å². The quantitative estimate of drug-likeness (QED) is 0.872. The zero-order chi connectivity index (χ0) is 12.1. The van der Waals surface area contributed by atoms with Gasteiger partial charge in [-0.2, -0.15) is 0 Å². The van der Waals surface area contributed by atoms with Gasteiger partial charge in [-0.15, -0.1) is 0 Å². The van der Waals surface area contributed by atoms with Crippen LogP contribution in [0.2, 0.25) is 0 Å². The van der Waals surface area contributed by atoms with E-state index in [2.05, 4.69) is 5.32 Å². The summed E-state index contributed by atoms with van der Waals surface area (Å²) in [5.74, 6) is 0.426. The molecule has 1 aromatic rings. The molecule has 2 rings (SSSR count).